The van der Waals surface area contributed by atoms with Crippen molar-refractivity contribution < 1.29 is 18.8 Å². The van der Waals surface area contributed by atoms with Gasteiger partial charge in [-0.05, 0) is 37.5 Å². The third-order valence-electron chi connectivity index (χ3n) is 2.71. The van der Waals surface area contributed by atoms with Crippen molar-refractivity contribution in [1.82, 2.24) is 5.16 Å². The van der Waals surface area contributed by atoms with E-state index in [0.717, 1.165) is 5.56 Å². The van der Waals surface area contributed by atoms with Crippen LogP contribution in [0.3, 0.4) is 0 Å². The highest BCUT2D eigenvalue weighted by atomic mass is 35.5. The molecule has 102 valence electrons. The van der Waals surface area contributed by atoms with E-state index in [0.29, 0.717) is 24.3 Å². The van der Waals surface area contributed by atoms with E-state index in [1.54, 1.807) is 19.1 Å². The van der Waals surface area contributed by atoms with Crippen molar-refractivity contribution in [1.29, 1.82) is 0 Å². The molecule has 0 unspecified atom stereocenters. The summed E-state index contributed by atoms with van der Waals surface area (Å²) in [5.41, 5.74) is 1.47. The Labute approximate surface area is 115 Å². The van der Waals surface area contributed by atoms with Crippen LogP contribution in [-0.4, -0.2) is 16.2 Å². The Balaban J connectivity index is 0.00000180. The van der Waals surface area contributed by atoms with Crippen LogP contribution in [0.5, 0.6) is 0 Å². The minimum absolute atomic E-state index is 0. The van der Waals surface area contributed by atoms with Crippen LogP contribution >= 0.6 is 12.4 Å². The summed E-state index contributed by atoms with van der Waals surface area (Å²) < 4.78 is 17.6. The van der Waals surface area contributed by atoms with Crippen molar-refractivity contribution in [2.45, 2.75) is 19.8 Å². The number of aromatic nitrogens is 1. The predicted octanol–water partition coefficient (Wildman–Crippen LogP) is 3.03. The Morgan fingerprint density at radius 2 is 1.95 bits per heavy atom. The summed E-state index contributed by atoms with van der Waals surface area (Å²) in [6.07, 6.45) is 1.04. The molecule has 0 aliphatic carbocycles. The molecule has 0 saturated carbocycles. The second-order valence-corrected chi connectivity index (χ2v) is 3.99. The van der Waals surface area contributed by atoms with Crippen LogP contribution in [0.4, 0.5) is 4.39 Å². The van der Waals surface area contributed by atoms with Gasteiger partial charge in [0, 0.05) is 0 Å². The number of aryl methyl sites for hydroxylation is 3. The molecule has 19 heavy (non-hydrogen) atoms. The minimum Gasteiger partial charge on any atom is -0.477 e. The van der Waals surface area contributed by atoms with Gasteiger partial charge in [0.15, 0.2) is 0 Å². The third kappa shape index (κ3) is 3.54. The molecule has 0 spiro atoms. The van der Waals surface area contributed by atoms with Crippen molar-refractivity contribution in [3.63, 3.8) is 0 Å². The molecule has 0 saturated heterocycles. The fourth-order valence-electron chi connectivity index (χ4n) is 1.78. The van der Waals surface area contributed by atoms with E-state index in [1.807, 2.05) is 0 Å². The zero-order chi connectivity index (χ0) is 13.1. The molecule has 0 aliphatic rings. The Morgan fingerprint density at radius 1 is 1.32 bits per heavy atom. The number of aromatic carboxylic acids is 1. The molecule has 2 aromatic rings. The minimum atomic E-state index is -1.04. The van der Waals surface area contributed by atoms with Gasteiger partial charge < -0.3 is 9.63 Å². The van der Waals surface area contributed by atoms with Crippen LogP contribution in [-0.2, 0) is 12.8 Å². The average molecular weight is 286 g/mol. The molecule has 2 rings (SSSR count). The second kappa shape index (κ2) is 6.33. The topological polar surface area (TPSA) is 63.3 Å². The quantitative estimate of drug-likeness (QED) is 0.938. The van der Waals surface area contributed by atoms with Gasteiger partial charge in [-0.15, -0.1) is 12.4 Å². The Morgan fingerprint density at radius 3 is 2.53 bits per heavy atom. The van der Waals surface area contributed by atoms with Gasteiger partial charge in [-0.25, -0.2) is 9.18 Å². The molecule has 6 heteroatoms. The van der Waals surface area contributed by atoms with Crippen LogP contribution in [0.15, 0.2) is 28.8 Å². The Bertz CT molecular complexity index is 566. The van der Waals surface area contributed by atoms with Crippen molar-refractivity contribution in [2.24, 2.45) is 0 Å². The normalized spacial score (nSPS) is 10.0. The summed E-state index contributed by atoms with van der Waals surface area (Å²) >= 11 is 0. The maximum absolute atomic E-state index is 12.7. The first-order valence-electron chi connectivity index (χ1n) is 5.51. The number of rotatable bonds is 4. The van der Waals surface area contributed by atoms with Gasteiger partial charge in [-0.1, -0.05) is 17.3 Å². The molecule has 0 radical (unpaired) electrons. The lowest BCUT2D eigenvalue weighted by molar-refractivity contribution is 0.0694. The Hall–Kier alpha value is -1.88. The van der Waals surface area contributed by atoms with E-state index < -0.39 is 5.97 Å². The van der Waals surface area contributed by atoms with Crippen LogP contribution in [0.25, 0.3) is 0 Å². The SMILES string of the molecule is Cc1onc(CCc2ccc(F)cc2)c1C(=O)O.Cl. The number of benzene rings is 1. The van der Waals surface area contributed by atoms with Gasteiger partial charge >= 0.3 is 5.97 Å². The van der Waals surface area contributed by atoms with E-state index >= 15 is 0 Å². The van der Waals surface area contributed by atoms with E-state index in [9.17, 15) is 9.18 Å². The van der Waals surface area contributed by atoms with Crippen LogP contribution < -0.4 is 0 Å². The number of nitrogens with zero attached hydrogens (tertiary/aromatic N) is 1. The monoisotopic (exact) mass is 285 g/mol. The second-order valence-electron chi connectivity index (χ2n) is 3.99. The highest BCUT2D eigenvalue weighted by molar-refractivity contribution is 5.89. The summed E-state index contributed by atoms with van der Waals surface area (Å²) in [5.74, 6) is -1.03. The maximum atomic E-state index is 12.7. The van der Waals surface area contributed by atoms with Gasteiger partial charge in [0.25, 0.3) is 0 Å². The highest BCUT2D eigenvalue weighted by Gasteiger charge is 2.18. The van der Waals surface area contributed by atoms with Gasteiger partial charge in [-0.2, -0.15) is 0 Å². The van der Waals surface area contributed by atoms with Gasteiger partial charge in [0.05, 0.1) is 5.69 Å². The van der Waals surface area contributed by atoms with E-state index in [1.165, 1.54) is 12.1 Å². The molecule has 0 fully saturated rings. The number of hydrogen-bond donors (Lipinski definition) is 1. The standard InChI is InChI=1S/C13H12FNO3.ClH/c1-8-12(13(16)17)11(15-18-8)7-4-9-2-5-10(14)6-3-9;/h2-3,5-6H,4,7H2,1H3,(H,16,17);1H. The molecule has 4 nitrogen and oxygen atoms in total. The first-order chi connectivity index (χ1) is 8.58. The number of carboxylic acid groups (broad SMARTS) is 1. The van der Waals surface area contributed by atoms with Gasteiger partial charge in [0.2, 0.25) is 0 Å². The van der Waals surface area contributed by atoms with Crippen molar-refractivity contribution in [3.05, 3.63) is 52.7 Å². The van der Waals surface area contributed by atoms with Crippen LogP contribution in [0.2, 0.25) is 0 Å². The van der Waals surface area contributed by atoms with Crippen molar-refractivity contribution >= 4 is 18.4 Å². The van der Waals surface area contributed by atoms with E-state index in [2.05, 4.69) is 5.16 Å². The molecule has 1 heterocycles. The summed E-state index contributed by atoms with van der Waals surface area (Å²) in [5, 5.41) is 12.8. The summed E-state index contributed by atoms with van der Waals surface area (Å²) in [6, 6.07) is 6.09. The average Bonchev–Trinajstić information content (AvgIpc) is 2.70. The molecule has 0 aliphatic heterocycles. The Kier molecular flexibility index (Phi) is 5.06. The first-order valence-corrected chi connectivity index (χ1v) is 5.51. The highest BCUT2D eigenvalue weighted by Crippen LogP contribution is 2.16. The number of carbonyl (C=O) groups is 1. The zero-order valence-electron chi connectivity index (χ0n) is 10.2. The smallest absolute Gasteiger partial charge is 0.341 e. The summed E-state index contributed by atoms with van der Waals surface area (Å²) in [4.78, 5) is 11.0. The number of hydrogen-bond acceptors (Lipinski definition) is 3. The van der Waals surface area contributed by atoms with Crippen molar-refractivity contribution in [3.8, 4) is 0 Å². The lowest BCUT2D eigenvalue weighted by atomic mass is 10.1. The summed E-state index contributed by atoms with van der Waals surface area (Å²) in [6.45, 7) is 1.57. The molecular weight excluding hydrogens is 273 g/mol. The fourth-order valence-corrected chi connectivity index (χ4v) is 1.78. The van der Waals surface area contributed by atoms with Gasteiger partial charge in [-0.3, -0.25) is 0 Å². The molecule has 1 aromatic carbocycles. The fraction of sp³-hybridized carbons (Fsp3) is 0.231. The number of carboxylic acids is 1. The molecule has 1 aromatic heterocycles. The predicted molar refractivity (Wildman–Crippen MR) is 69.3 cm³/mol. The summed E-state index contributed by atoms with van der Waals surface area (Å²) in [7, 11) is 0. The molecule has 0 amide bonds. The van der Waals surface area contributed by atoms with E-state index in [4.69, 9.17) is 9.63 Å². The number of halogens is 2. The molecule has 0 atom stereocenters. The zero-order valence-corrected chi connectivity index (χ0v) is 11.0. The lowest BCUT2D eigenvalue weighted by Gasteiger charge is -2.00. The van der Waals surface area contributed by atoms with Crippen LogP contribution in [0.1, 0.15) is 27.4 Å². The lowest BCUT2D eigenvalue weighted by Crippen LogP contribution is -2.03. The van der Waals surface area contributed by atoms with E-state index in [-0.39, 0.29) is 23.8 Å². The third-order valence-corrected chi connectivity index (χ3v) is 2.71. The van der Waals surface area contributed by atoms with Gasteiger partial charge in [0.1, 0.15) is 17.1 Å². The molecule has 1 N–H and O–H groups in total. The molecule has 0 bridgehead atoms. The van der Waals surface area contributed by atoms with Crippen molar-refractivity contribution in [2.75, 3.05) is 0 Å². The van der Waals surface area contributed by atoms with Crippen LogP contribution in [0, 0.1) is 12.7 Å². The largest absolute Gasteiger partial charge is 0.477 e. The maximum Gasteiger partial charge on any atom is 0.341 e. The first kappa shape index (κ1) is 15.2. The molecular formula is C13H13ClFNO3.